The van der Waals surface area contributed by atoms with Crippen molar-refractivity contribution >= 4 is 5.91 Å². The summed E-state index contributed by atoms with van der Waals surface area (Å²) in [6.45, 7) is 3.05. The fourth-order valence-electron chi connectivity index (χ4n) is 3.96. The Morgan fingerprint density at radius 2 is 1.96 bits per heavy atom. The van der Waals surface area contributed by atoms with Gasteiger partial charge in [0.25, 0.3) is 0 Å². The van der Waals surface area contributed by atoms with Crippen LogP contribution in [0, 0.1) is 11.8 Å². The molecule has 0 aromatic carbocycles. The molecule has 2 fully saturated rings. The number of amides is 1. The number of unbranched alkanes of at least 4 members (excludes halogenated alkanes) is 1. The van der Waals surface area contributed by atoms with Gasteiger partial charge in [0, 0.05) is 18.2 Å². The lowest BCUT2D eigenvalue weighted by molar-refractivity contribution is -0.146. The van der Waals surface area contributed by atoms with Gasteiger partial charge in [0.2, 0.25) is 11.8 Å². The summed E-state index contributed by atoms with van der Waals surface area (Å²) in [5.74, 6) is 0.975. The van der Waals surface area contributed by atoms with Crippen LogP contribution in [-0.4, -0.2) is 35.0 Å². The van der Waals surface area contributed by atoms with Crippen molar-refractivity contribution in [1.29, 1.82) is 0 Å². The number of hydrogen-bond acceptors (Lipinski definition) is 3. The number of ether oxygens (including phenoxy) is 1. The molecule has 0 spiro atoms. The molecule has 1 aliphatic carbocycles. The van der Waals surface area contributed by atoms with Crippen LogP contribution in [0.25, 0.3) is 0 Å². The molecule has 1 saturated heterocycles. The molecular formula is C20H27F3N2O2. The highest BCUT2D eigenvalue weighted by atomic mass is 19.4. The fraction of sp³-hybridized carbons (Fsp3) is 0.700. The summed E-state index contributed by atoms with van der Waals surface area (Å²) in [4.78, 5) is 18.2. The van der Waals surface area contributed by atoms with E-state index < -0.39 is 11.7 Å². The predicted molar refractivity (Wildman–Crippen MR) is 95.2 cm³/mol. The van der Waals surface area contributed by atoms with Crippen LogP contribution >= 0.6 is 0 Å². The minimum atomic E-state index is -4.42. The lowest BCUT2D eigenvalue weighted by Crippen LogP contribution is -2.57. The molecule has 2 heterocycles. The van der Waals surface area contributed by atoms with Crippen molar-refractivity contribution in [1.82, 2.24) is 9.88 Å². The number of halogens is 3. The smallest absolute Gasteiger partial charge is 0.416 e. The van der Waals surface area contributed by atoms with E-state index in [1.807, 2.05) is 0 Å². The fourth-order valence-corrected chi connectivity index (χ4v) is 3.96. The zero-order valence-corrected chi connectivity index (χ0v) is 15.7. The van der Waals surface area contributed by atoms with E-state index >= 15 is 0 Å². The molecule has 0 bridgehead atoms. The Kier molecular flexibility index (Phi) is 6.27. The normalized spacial score (nSPS) is 23.8. The van der Waals surface area contributed by atoms with Crippen molar-refractivity contribution in [3.8, 4) is 5.88 Å². The van der Waals surface area contributed by atoms with E-state index in [9.17, 15) is 18.0 Å². The second kappa shape index (κ2) is 8.48. The maximum atomic E-state index is 12.7. The maximum absolute atomic E-state index is 12.7. The van der Waals surface area contributed by atoms with Crippen LogP contribution < -0.4 is 4.74 Å². The highest BCUT2D eigenvalue weighted by Crippen LogP contribution is 2.34. The van der Waals surface area contributed by atoms with Crippen LogP contribution in [0.2, 0.25) is 0 Å². The molecule has 1 aliphatic heterocycles. The largest absolute Gasteiger partial charge is 0.471 e. The van der Waals surface area contributed by atoms with Crippen molar-refractivity contribution in [3.05, 3.63) is 23.9 Å². The van der Waals surface area contributed by atoms with Crippen LogP contribution in [0.1, 0.15) is 57.4 Å². The van der Waals surface area contributed by atoms with Gasteiger partial charge in [-0.15, -0.1) is 0 Å². The van der Waals surface area contributed by atoms with Gasteiger partial charge in [0.05, 0.1) is 18.7 Å². The lowest BCUT2D eigenvalue weighted by Gasteiger charge is -2.41. The van der Waals surface area contributed by atoms with Gasteiger partial charge in [0.1, 0.15) is 6.10 Å². The number of carbonyl (C=O) groups is 1. The Bertz CT molecular complexity index is 636. The Morgan fingerprint density at radius 1 is 1.26 bits per heavy atom. The van der Waals surface area contributed by atoms with E-state index in [0.717, 1.165) is 49.9 Å². The first kappa shape index (κ1) is 20.0. The molecule has 0 atom stereocenters. The van der Waals surface area contributed by atoms with Crippen molar-refractivity contribution in [2.75, 3.05) is 13.1 Å². The van der Waals surface area contributed by atoms with Gasteiger partial charge in [-0.25, -0.2) is 4.98 Å². The van der Waals surface area contributed by atoms with Gasteiger partial charge in [0.15, 0.2) is 0 Å². The molecule has 1 amide bonds. The highest BCUT2D eigenvalue weighted by molar-refractivity contribution is 5.79. The molecule has 0 N–H and O–H groups in total. The first-order valence-corrected chi connectivity index (χ1v) is 9.85. The minimum absolute atomic E-state index is 0.0432. The standard InChI is InChI=1S/C20H27F3N2O2/c1-2-3-4-14-5-7-15(8-6-14)19(26)25-12-17(13-25)27-18-11-16(9-10-24-18)20(21,22)23/h9-11,14-15,17H,2-8,12-13H2,1H3. The first-order chi connectivity index (χ1) is 12.9. The molecule has 7 heteroatoms. The zero-order chi connectivity index (χ0) is 19.4. The number of aromatic nitrogens is 1. The van der Waals surface area contributed by atoms with Gasteiger partial charge >= 0.3 is 6.18 Å². The molecule has 1 saturated carbocycles. The van der Waals surface area contributed by atoms with Crippen LogP contribution in [-0.2, 0) is 11.0 Å². The van der Waals surface area contributed by atoms with Crippen molar-refractivity contribution < 1.29 is 22.7 Å². The molecule has 2 aliphatic rings. The molecular weight excluding hydrogens is 357 g/mol. The zero-order valence-electron chi connectivity index (χ0n) is 15.7. The van der Waals surface area contributed by atoms with E-state index in [0.29, 0.717) is 13.1 Å². The van der Waals surface area contributed by atoms with Gasteiger partial charge in [-0.05, 0) is 37.7 Å². The van der Waals surface area contributed by atoms with E-state index in [1.165, 1.54) is 19.3 Å². The van der Waals surface area contributed by atoms with Crippen molar-refractivity contribution in [3.63, 3.8) is 0 Å². The van der Waals surface area contributed by atoms with Gasteiger partial charge < -0.3 is 9.64 Å². The average Bonchev–Trinajstić information content (AvgIpc) is 2.62. The predicted octanol–water partition coefficient (Wildman–Crippen LogP) is 4.69. The van der Waals surface area contributed by atoms with Crippen LogP contribution in [0.4, 0.5) is 13.2 Å². The van der Waals surface area contributed by atoms with Crippen LogP contribution in [0.5, 0.6) is 5.88 Å². The summed E-state index contributed by atoms with van der Waals surface area (Å²) < 4.78 is 43.7. The van der Waals surface area contributed by atoms with Crippen molar-refractivity contribution in [2.24, 2.45) is 11.8 Å². The molecule has 3 rings (SSSR count). The Morgan fingerprint density at radius 3 is 2.59 bits per heavy atom. The number of alkyl halides is 3. The van der Waals surface area contributed by atoms with Crippen LogP contribution in [0.3, 0.4) is 0 Å². The second-order valence-corrected chi connectivity index (χ2v) is 7.72. The highest BCUT2D eigenvalue weighted by Gasteiger charge is 2.38. The SMILES string of the molecule is CCCCC1CCC(C(=O)N2CC(Oc3cc(C(F)(F)F)ccn3)C2)CC1. The third kappa shape index (κ3) is 5.14. The number of nitrogens with zero attached hydrogens (tertiary/aromatic N) is 2. The van der Waals surface area contributed by atoms with Gasteiger partial charge in [-0.2, -0.15) is 13.2 Å². The van der Waals surface area contributed by atoms with Gasteiger partial charge in [-0.3, -0.25) is 4.79 Å². The second-order valence-electron chi connectivity index (χ2n) is 7.72. The molecule has 27 heavy (non-hydrogen) atoms. The van der Waals surface area contributed by atoms with E-state index in [-0.39, 0.29) is 23.8 Å². The summed E-state index contributed by atoms with van der Waals surface area (Å²) >= 11 is 0. The number of pyridine rings is 1. The Labute approximate surface area is 158 Å². The maximum Gasteiger partial charge on any atom is 0.416 e. The Hall–Kier alpha value is -1.79. The summed E-state index contributed by atoms with van der Waals surface area (Å²) in [7, 11) is 0. The average molecular weight is 384 g/mol. The van der Waals surface area contributed by atoms with E-state index in [4.69, 9.17) is 4.74 Å². The van der Waals surface area contributed by atoms with Crippen molar-refractivity contribution in [2.45, 2.75) is 64.1 Å². The minimum Gasteiger partial charge on any atom is -0.471 e. The molecule has 150 valence electrons. The molecule has 0 radical (unpaired) electrons. The molecule has 0 unspecified atom stereocenters. The number of hydrogen-bond donors (Lipinski definition) is 0. The topological polar surface area (TPSA) is 42.4 Å². The molecule has 4 nitrogen and oxygen atoms in total. The quantitative estimate of drug-likeness (QED) is 0.715. The summed E-state index contributed by atoms with van der Waals surface area (Å²) in [5, 5.41) is 0. The number of carbonyl (C=O) groups excluding carboxylic acids is 1. The third-order valence-corrected chi connectivity index (χ3v) is 5.67. The molecule has 1 aromatic rings. The molecule has 1 aromatic heterocycles. The number of rotatable bonds is 6. The summed E-state index contributed by atoms with van der Waals surface area (Å²) in [6, 6.07) is 1.82. The lowest BCUT2D eigenvalue weighted by atomic mass is 9.79. The van der Waals surface area contributed by atoms with Gasteiger partial charge in [-0.1, -0.05) is 26.2 Å². The van der Waals surface area contributed by atoms with E-state index in [2.05, 4.69) is 11.9 Å². The summed E-state index contributed by atoms with van der Waals surface area (Å²) in [6.07, 6.45) is 4.28. The van der Waals surface area contributed by atoms with Crippen LogP contribution in [0.15, 0.2) is 18.3 Å². The Balaban J connectivity index is 1.43. The summed E-state index contributed by atoms with van der Waals surface area (Å²) in [5.41, 5.74) is -0.778. The first-order valence-electron chi connectivity index (χ1n) is 9.85. The monoisotopic (exact) mass is 384 g/mol. The number of likely N-dealkylation sites (tertiary alicyclic amines) is 1. The third-order valence-electron chi connectivity index (χ3n) is 5.67. The van der Waals surface area contributed by atoms with E-state index in [1.54, 1.807) is 4.90 Å².